The van der Waals surface area contributed by atoms with Gasteiger partial charge in [-0.15, -0.1) is 0 Å². The average Bonchev–Trinajstić information content (AvgIpc) is 3.09. The van der Waals surface area contributed by atoms with Crippen LogP contribution in [-0.4, -0.2) is 37.0 Å². The molecule has 0 aromatic rings. The van der Waals surface area contributed by atoms with Gasteiger partial charge in [-0.05, 0) is 12.8 Å². The maximum absolute atomic E-state index is 12.2. The second-order valence-electron chi connectivity index (χ2n) is 15.1. The Kier molecular flexibility index (Phi) is 42.0. The van der Waals surface area contributed by atoms with Crippen LogP contribution in [0.1, 0.15) is 251 Å². The summed E-state index contributed by atoms with van der Waals surface area (Å²) < 4.78 is 11.2. The van der Waals surface area contributed by atoms with Gasteiger partial charge in [0, 0.05) is 13.0 Å². The molecule has 0 saturated heterocycles. The molecule has 288 valence electrons. The van der Waals surface area contributed by atoms with E-state index in [-0.39, 0.29) is 12.6 Å². The van der Waals surface area contributed by atoms with Gasteiger partial charge in [0.2, 0.25) is 0 Å². The van der Waals surface area contributed by atoms with E-state index in [0.717, 1.165) is 19.3 Å². The van der Waals surface area contributed by atoms with Gasteiger partial charge in [-0.3, -0.25) is 4.79 Å². The molecule has 0 aliphatic heterocycles. The molecule has 0 aromatic carbocycles. The summed E-state index contributed by atoms with van der Waals surface area (Å²) in [4.78, 5) is 12.2. The minimum atomic E-state index is -0.524. The van der Waals surface area contributed by atoms with E-state index in [1.165, 1.54) is 212 Å². The molecule has 0 amide bonds. The van der Waals surface area contributed by atoms with Crippen LogP contribution in [-0.2, 0) is 14.3 Å². The fourth-order valence-corrected chi connectivity index (χ4v) is 6.86. The minimum Gasteiger partial charge on any atom is -0.457 e. The molecule has 0 aliphatic rings. The second kappa shape index (κ2) is 42.6. The Bertz CT molecular complexity index is 594. The van der Waals surface area contributed by atoms with E-state index in [4.69, 9.17) is 9.47 Å². The third kappa shape index (κ3) is 39.8. The number of hydrogen-bond donors (Lipinski definition) is 1. The first-order chi connectivity index (χ1) is 23.7. The van der Waals surface area contributed by atoms with Crippen LogP contribution in [0.3, 0.4) is 0 Å². The Labute approximate surface area is 302 Å². The molecule has 1 atom stereocenters. The molecule has 0 radical (unpaired) electrons. The molecule has 4 heteroatoms. The predicted octanol–water partition coefficient (Wildman–Crippen LogP) is 14.4. The topological polar surface area (TPSA) is 55.8 Å². The van der Waals surface area contributed by atoms with E-state index in [9.17, 15) is 9.90 Å². The summed E-state index contributed by atoms with van der Waals surface area (Å²) in [6.45, 7) is 5.41. The van der Waals surface area contributed by atoms with Gasteiger partial charge in [-0.2, -0.15) is 0 Å². The third-order valence-corrected chi connectivity index (χ3v) is 10.2. The zero-order chi connectivity index (χ0) is 34.9. The van der Waals surface area contributed by atoms with Gasteiger partial charge in [-0.1, -0.05) is 232 Å². The van der Waals surface area contributed by atoms with Crippen LogP contribution in [0.2, 0.25) is 0 Å². The Morgan fingerprint density at radius 1 is 0.417 bits per heavy atom. The van der Waals surface area contributed by atoms with Crippen LogP contribution in [0.15, 0.2) is 0 Å². The molecule has 0 saturated carbocycles. The molecule has 0 heterocycles. The van der Waals surface area contributed by atoms with Crippen molar-refractivity contribution in [1.82, 2.24) is 0 Å². The predicted molar refractivity (Wildman–Crippen MR) is 210 cm³/mol. The molecule has 0 bridgehead atoms. The largest absolute Gasteiger partial charge is 0.457 e. The number of aliphatic hydroxyl groups is 1. The fourth-order valence-electron chi connectivity index (χ4n) is 6.86. The van der Waals surface area contributed by atoms with Crippen molar-refractivity contribution in [3.63, 3.8) is 0 Å². The van der Waals surface area contributed by atoms with E-state index in [1.54, 1.807) is 0 Å². The van der Waals surface area contributed by atoms with Crippen LogP contribution in [0.4, 0.5) is 0 Å². The highest BCUT2D eigenvalue weighted by atomic mass is 16.6. The molecule has 0 spiro atoms. The van der Waals surface area contributed by atoms with Crippen LogP contribution in [0.5, 0.6) is 0 Å². The number of esters is 1. The van der Waals surface area contributed by atoms with Crippen molar-refractivity contribution < 1.29 is 19.4 Å². The van der Waals surface area contributed by atoms with Gasteiger partial charge < -0.3 is 14.6 Å². The zero-order valence-electron chi connectivity index (χ0n) is 33.0. The highest BCUT2D eigenvalue weighted by Gasteiger charge is 2.13. The van der Waals surface area contributed by atoms with Crippen molar-refractivity contribution in [2.45, 2.75) is 258 Å². The molecule has 0 aromatic heterocycles. The number of carbonyl (C=O) groups is 1. The summed E-state index contributed by atoms with van der Waals surface area (Å²) in [5.74, 6) is -0.193. The van der Waals surface area contributed by atoms with Gasteiger partial charge >= 0.3 is 5.97 Å². The lowest BCUT2D eigenvalue weighted by atomic mass is 10.0. The molecule has 0 aliphatic carbocycles. The van der Waals surface area contributed by atoms with E-state index >= 15 is 0 Å². The maximum atomic E-state index is 12.2. The summed E-state index contributed by atoms with van der Waals surface area (Å²) in [6.07, 6.45) is 48.8. The van der Waals surface area contributed by atoms with E-state index < -0.39 is 6.10 Å². The fraction of sp³-hybridized carbons (Fsp3) is 0.977. The maximum Gasteiger partial charge on any atom is 0.306 e. The van der Waals surface area contributed by atoms with Crippen LogP contribution in [0, 0.1) is 0 Å². The molecular formula is C44H88O4. The second-order valence-corrected chi connectivity index (χ2v) is 15.1. The van der Waals surface area contributed by atoms with Gasteiger partial charge in [0.1, 0.15) is 6.10 Å². The van der Waals surface area contributed by atoms with Gasteiger partial charge in [-0.25, -0.2) is 0 Å². The van der Waals surface area contributed by atoms with Crippen molar-refractivity contribution >= 4 is 5.97 Å². The van der Waals surface area contributed by atoms with E-state index in [0.29, 0.717) is 19.6 Å². The Morgan fingerprint density at radius 2 is 0.688 bits per heavy atom. The standard InChI is InChI=1S/C44H88O4/c1-3-5-7-9-11-13-15-17-19-21-22-23-24-26-28-30-32-34-36-38-40-47-42-43(41-45)48-44(46)39-37-35-33-31-29-27-25-20-18-16-14-12-10-8-6-4-2/h43,45H,3-42H2,1-2H3. The van der Waals surface area contributed by atoms with Crippen LogP contribution >= 0.6 is 0 Å². The summed E-state index contributed by atoms with van der Waals surface area (Å²) >= 11 is 0. The number of carbonyl (C=O) groups excluding carboxylic acids is 1. The highest BCUT2D eigenvalue weighted by molar-refractivity contribution is 5.69. The lowest BCUT2D eigenvalue weighted by molar-refractivity contribution is -0.154. The van der Waals surface area contributed by atoms with Gasteiger partial charge in [0.15, 0.2) is 0 Å². The molecule has 1 unspecified atom stereocenters. The Morgan fingerprint density at radius 3 is 0.979 bits per heavy atom. The van der Waals surface area contributed by atoms with Crippen molar-refractivity contribution in [2.24, 2.45) is 0 Å². The molecule has 4 nitrogen and oxygen atoms in total. The number of aliphatic hydroxyl groups excluding tert-OH is 1. The summed E-state index contributed by atoms with van der Waals surface area (Å²) in [5, 5.41) is 9.60. The minimum absolute atomic E-state index is 0.163. The number of ether oxygens (including phenoxy) is 2. The zero-order valence-corrected chi connectivity index (χ0v) is 33.0. The quantitative estimate of drug-likeness (QED) is 0.0515. The van der Waals surface area contributed by atoms with Gasteiger partial charge in [0.25, 0.3) is 0 Å². The first kappa shape index (κ1) is 47.4. The first-order valence-electron chi connectivity index (χ1n) is 22.1. The summed E-state index contributed by atoms with van der Waals surface area (Å²) in [6, 6.07) is 0. The van der Waals surface area contributed by atoms with E-state index in [2.05, 4.69) is 13.8 Å². The lowest BCUT2D eigenvalue weighted by Gasteiger charge is -2.16. The molecule has 0 rings (SSSR count). The van der Waals surface area contributed by atoms with Crippen LogP contribution < -0.4 is 0 Å². The molecule has 48 heavy (non-hydrogen) atoms. The van der Waals surface area contributed by atoms with Crippen LogP contribution in [0.25, 0.3) is 0 Å². The van der Waals surface area contributed by atoms with Crippen molar-refractivity contribution in [2.75, 3.05) is 19.8 Å². The van der Waals surface area contributed by atoms with Crippen molar-refractivity contribution in [3.8, 4) is 0 Å². The monoisotopic (exact) mass is 681 g/mol. The average molecular weight is 681 g/mol. The lowest BCUT2D eigenvalue weighted by Crippen LogP contribution is -2.27. The highest BCUT2D eigenvalue weighted by Crippen LogP contribution is 2.16. The molecule has 0 fully saturated rings. The Balaban J connectivity index is 3.34. The molecule has 1 N–H and O–H groups in total. The number of hydrogen-bond acceptors (Lipinski definition) is 4. The number of rotatable bonds is 42. The molecular weight excluding hydrogens is 592 g/mol. The SMILES string of the molecule is CCCCCCCCCCCCCCCCCCCCCCOCC(CO)OC(=O)CCCCCCCCCCCCCCCCCC. The van der Waals surface area contributed by atoms with Crippen molar-refractivity contribution in [3.05, 3.63) is 0 Å². The number of unbranched alkanes of at least 4 members (excludes halogenated alkanes) is 34. The summed E-state index contributed by atoms with van der Waals surface area (Å²) in [5.41, 5.74) is 0. The normalized spacial score (nSPS) is 12.1. The first-order valence-corrected chi connectivity index (χ1v) is 22.1. The van der Waals surface area contributed by atoms with E-state index in [1.807, 2.05) is 0 Å². The third-order valence-electron chi connectivity index (χ3n) is 10.2. The van der Waals surface area contributed by atoms with Gasteiger partial charge in [0.05, 0.1) is 13.2 Å². The van der Waals surface area contributed by atoms with Crippen molar-refractivity contribution in [1.29, 1.82) is 0 Å². The Hall–Kier alpha value is -0.610. The summed E-state index contributed by atoms with van der Waals surface area (Å²) in [7, 11) is 0. The smallest absolute Gasteiger partial charge is 0.306 e.